The van der Waals surface area contributed by atoms with Gasteiger partial charge in [-0.1, -0.05) is 36.6 Å². The van der Waals surface area contributed by atoms with Gasteiger partial charge in [-0.3, -0.25) is 4.79 Å². The van der Waals surface area contributed by atoms with E-state index in [2.05, 4.69) is 0 Å². The molecular weight excluding hydrogens is 338 g/mol. The Balaban J connectivity index is 2.08. The third-order valence-electron chi connectivity index (χ3n) is 5.03. The fraction of sp³-hybridized carbons (Fsp3) is 0.562. The van der Waals surface area contributed by atoms with Gasteiger partial charge in [0.05, 0.1) is 5.02 Å². The number of carboxylic acids is 1. The molecule has 2 aliphatic rings. The van der Waals surface area contributed by atoms with E-state index >= 15 is 0 Å². The van der Waals surface area contributed by atoms with E-state index in [1.807, 2.05) is 0 Å². The fourth-order valence-electron chi connectivity index (χ4n) is 3.91. The Labute approximate surface area is 141 Å². The first kappa shape index (κ1) is 16.7. The Morgan fingerprint density at radius 3 is 2.70 bits per heavy atom. The van der Waals surface area contributed by atoms with Gasteiger partial charge in [-0.05, 0) is 43.7 Å². The van der Waals surface area contributed by atoms with Crippen LogP contribution in [-0.2, 0) is 14.8 Å². The minimum Gasteiger partial charge on any atom is -0.480 e. The summed E-state index contributed by atoms with van der Waals surface area (Å²) >= 11 is 6.21. The number of fused-ring (bicyclic) bond motifs is 1. The zero-order valence-corrected chi connectivity index (χ0v) is 14.5. The van der Waals surface area contributed by atoms with Crippen LogP contribution in [0.3, 0.4) is 0 Å². The lowest BCUT2D eigenvalue weighted by Crippen LogP contribution is -2.46. The minimum atomic E-state index is -3.94. The van der Waals surface area contributed by atoms with Gasteiger partial charge in [0, 0.05) is 6.04 Å². The number of aryl methyl sites for hydroxylation is 1. The lowest BCUT2D eigenvalue weighted by molar-refractivity contribution is -0.141. The molecule has 1 saturated carbocycles. The van der Waals surface area contributed by atoms with E-state index in [9.17, 15) is 18.3 Å². The van der Waals surface area contributed by atoms with Crippen LogP contribution in [0.2, 0.25) is 5.02 Å². The van der Waals surface area contributed by atoms with Crippen molar-refractivity contribution < 1.29 is 18.3 Å². The molecule has 0 aromatic heterocycles. The van der Waals surface area contributed by atoms with Crippen molar-refractivity contribution in [1.82, 2.24) is 4.31 Å². The Kier molecular flexibility index (Phi) is 4.42. The molecule has 1 aliphatic heterocycles. The highest BCUT2D eigenvalue weighted by atomic mass is 35.5. The number of halogens is 1. The summed E-state index contributed by atoms with van der Waals surface area (Å²) in [5.74, 6) is -0.949. The summed E-state index contributed by atoms with van der Waals surface area (Å²) in [6.07, 6.45) is 3.97. The molecule has 1 aliphatic carbocycles. The van der Waals surface area contributed by atoms with Gasteiger partial charge in [0.1, 0.15) is 10.9 Å². The standard InChI is InChI=1S/C16H20ClNO4S/c1-10-5-4-8-14(15(10)17)23(21,22)18-12-7-3-2-6-11(12)9-13(18)16(19)20/h4-5,8,11-13H,2-3,6-7,9H2,1H3,(H,19,20). The Morgan fingerprint density at radius 1 is 1.30 bits per heavy atom. The van der Waals surface area contributed by atoms with Crippen molar-refractivity contribution in [3.8, 4) is 0 Å². The highest BCUT2D eigenvalue weighted by molar-refractivity contribution is 7.89. The summed E-state index contributed by atoms with van der Waals surface area (Å²) in [5.41, 5.74) is 0.666. The molecule has 2 fully saturated rings. The average Bonchev–Trinajstić information content (AvgIpc) is 2.90. The number of sulfonamides is 1. The summed E-state index contributed by atoms with van der Waals surface area (Å²) in [6, 6.07) is 3.61. The van der Waals surface area contributed by atoms with Crippen LogP contribution < -0.4 is 0 Å². The number of rotatable bonds is 3. The first-order valence-corrected chi connectivity index (χ1v) is 9.67. The van der Waals surface area contributed by atoms with Gasteiger partial charge in [-0.15, -0.1) is 0 Å². The normalized spacial score (nSPS) is 28.5. The van der Waals surface area contributed by atoms with E-state index in [-0.39, 0.29) is 21.9 Å². The summed E-state index contributed by atoms with van der Waals surface area (Å²) in [7, 11) is -3.94. The van der Waals surface area contributed by atoms with Crippen LogP contribution in [0.25, 0.3) is 0 Å². The van der Waals surface area contributed by atoms with E-state index in [1.54, 1.807) is 19.1 Å². The summed E-state index contributed by atoms with van der Waals surface area (Å²) < 4.78 is 27.5. The second-order valence-corrected chi connectivity index (χ2v) is 8.61. The van der Waals surface area contributed by atoms with Crippen molar-refractivity contribution in [2.45, 2.75) is 56.0 Å². The van der Waals surface area contributed by atoms with E-state index in [0.717, 1.165) is 25.7 Å². The molecule has 3 unspecified atom stereocenters. The molecule has 0 radical (unpaired) electrons. The predicted octanol–water partition coefficient (Wildman–Crippen LogP) is 3.05. The van der Waals surface area contributed by atoms with Gasteiger partial charge in [0.2, 0.25) is 10.0 Å². The Morgan fingerprint density at radius 2 is 2.00 bits per heavy atom. The molecule has 0 amide bonds. The minimum absolute atomic E-state index is 0.0108. The summed E-state index contributed by atoms with van der Waals surface area (Å²) in [4.78, 5) is 11.7. The molecule has 3 rings (SSSR count). The van der Waals surface area contributed by atoms with Gasteiger partial charge in [0.15, 0.2) is 0 Å². The maximum atomic E-state index is 13.2. The van der Waals surface area contributed by atoms with E-state index in [4.69, 9.17) is 11.6 Å². The van der Waals surface area contributed by atoms with Crippen molar-refractivity contribution in [2.75, 3.05) is 0 Å². The van der Waals surface area contributed by atoms with Gasteiger partial charge in [0.25, 0.3) is 0 Å². The molecular formula is C16H20ClNO4S. The van der Waals surface area contributed by atoms with Crippen molar-refractivity contribution >= 4 is 27.6 Å². The van der Waals surface area contributed by atoms with Crippen LogP contribution in [0.1, 0.15) is 37.7 Å². The molecule has 1 N–H and O–H groups in total. The average molecular weight is 358 g/mol. The van der Waals surface area contributed by atoms with Crippen LogP contribution in [0, 0.1) is 12.8 Å². The first-order valence-electron chi connectivity index (χ1n) is 7.85. The number of aliphatic carboxylic acids is 1. The van der Waals surface area contributed by atoms with Crippen LogP contribution in [-0.4, -0.2) is 35.9 Å². The van der Waals surface area contributed by atoms with Crippen LogP contribution in [0.4, 0.5) is 0 Å². The number of hydrogen-bond donors (Lipinski definition) is 1. The molecule has 126 valence electrons. The lowest BCUT2D eigenvalue weighted by atomic mass is 9.85. The van der Waals surface area contributed by atoms with Crippen LogP contribution >= 0.6 is 11.6 Å². The lowest BCUT2D eigenvalue weighted by Gasteiger charge is -2.32. The van der Waals surface area contributed by atoms with E-state index in [1.165, 1.54) is 10.4 Å². The SMILES string of the molecule is Cc1cccc(S(=O)(=O)N2C(C(=O)O)CC3CCCCC32)c1Cl. The second-order valence-electron chi connectivity index (χ2n) is 6.42. The smallest absolute Gasteiger partial charge is 0.322 e. The van der Waals surface area contributed by atoms with Gasteiger partial charge in [-0.25, -0.2) is 8.42 Å². The topological polar surface area (TPSA) is 74.7 Å². The fourth-order valence-corrected chi connectivity index (χ4v) is 6.34. The molecule has 3 atom stereocenters. The number of benzene rings is 1. The Hall–Kier alpha value is -1.11. The van der Waals surface area contributed by atoms with E-state index < -0.39 is 22.0 Å². The second kappa shape index (κ2) is 6.07. The monoisotopic (exact) mass is 357 g/mol. The Bertz CT molecular complexity index is 734. The van der Waals surface area contributed by atoms with Gasteiger partial charge in [-0.2, -0.15) is 4.31 Å². The predicted molar refractivity (Wildman–Crippen MR) is 87.0 cm³/mol. The van der Waals surface area contributed by atoms with Crippen LogP contribution in [0.15, 0.2) is 23.1 Å². The molecule has 1 saturated heterocycles. The molecule has 1 aromatic carbocycles. The highest BCUT2D eigenvalue weighted by Gasteiger charge is 2.51. The number of carbonyl (C=O) groups is 1. The number of hydrogen-bond acceptors (Lipinski definition) is 3. The van der Waals surface area contributed by atoms with Crippen molar-refractivity contribution in [3.63, 3.8) is 0 Å². The number of nitrogens with zero attached hydrogens (tertiary/aromatic N) is 1. The third-order valence-corrected chi connectivity index (χ3v) is 7.62. The molecule has 23 heavy (non-hydrogen) atoms. The summed E-state index contributed by atoms with van der Waals surface area (Å²) in [6.45, 7) is 1.74. The van der Waals surface area contributed by atoms with Crippen LogP contribution in [0.5, 0.6) is 0 Å². The molecule has 0 bridgehead atoms. The van der Waals surface area contributed by atoms with Crippen molar-refractivity contribution in [1.29, 1.82) is 0 Å². The maximum Gasteiger partial charge on any atom is 0.322 e. The summed E-state index contributed by atoms with van der Waals surface area (Å²) in [5, 5.41) is 9.70. The molecule has 1 heterocycles. The van der Waals surface area contributed by atoms with Gasteiger partial charge >= 0.3 is 5.97 Å². The van der Waals surface area contributed by atoms with E-state index in [0.29, 0.717) is 12.0 Å². The number of carboxylic acid groups (broad SMARTS) is 1. The first-order chi connectivity index (χ1) is 10.8. The molecule has 5 nitrogen and oxygen atoms in total. The zero-order chi connectivity index (χ0) is 16.8. The third kappa shape index (κ3) is 2.77. The molecule has 0 spiro atoms. The molecule has 1 aromatic rings. The van der Waals surface area contributed by atoms with Crippen molar-refractivity contribution in [3.05, 3.63) is 28.8 Å². The maximum absolute atomic E-state index is 13.2. The van der Waals surface area contributed by atoms with Gasteiger partial charge < -0.3 is 5.11 Å². The zero-order valence-electron chi connectivity index (χ0n) is 12.9. The highest BCUT2D eigenvalue weighted by Crippen LogP contribution is 2.43. The quantitative estimate of drug-likeness (QED) is 0.902. The van der Waals surface area contributed by atoms with Crippen molar-refractivity contribution in [2.24, 2.45) is 5.92 Å². The largest absolute Gasteiger partial charge is 0.480 e. The molecule has 7 heteroatoms.